The molecule has 7 atom stereocenters. The lowest BCUT2D eigenvalue weighted by Crippen LogP contribution is -2.61. The Bertz CT molecular complexity index is 984. The predicted molar refractivity (Wildman–Crippen MR) is 139 cm³/mol. The number of hydrazine groups is 1. The predicted octanol–water partition coefficient (Wildman–Crippen LogP) is 1.58. The fraction of sp³-hybridized carbons (Fsp3) is 0.808. The van der Waals surface area contributed by atoms with Gasteiger partial charge >= 0.3 is 0 Å². The standard InChI is InChI=1S/C26H41ClFN5O5/c1-8-13(2)17(30-24(38)25(3,4)5)22(36)32-12-15-16(26(15,6)7)18(32)21(35)31-33(23(37)19(27)28)11-14-9-10-29-20(14)34/h13-19H,8-12H2,1-7H3,(H,29,34)(H,30,38)(H,31,35)/t13-,14-,15-,16-,17-,18-,19-/m0/s1. The summed E-state index contributed by atoms with van der Waals surface area (Å²) in [5.74, 6) is -3.69. The molecule has 2 aliphatic heterocycles. The Labute approximate surface area is 228 Å². The molecule has 0 aromatic rings. The number of rotatable bonds is 8. The first-order valence-electron chi connectivity index (χ1n) is 13.3. The number of fused-ring (bicyclic) bond motifs is 1. The lowest BCUT2D eigenvalue weighted by Gasteiger charge is -2.36. The second kappa shape index (κ2) is 11.0. The molecule has 0 unspecified atom stereocenters. The van der Waals surface area contributed by atoms with Crippen LogP contribution in [0.1, 0.15) is 61.3 Å². The number of hydrogen-bond donors (Lipinski definition) is 3. The van der Waals surface area contributed by atoms with E-state index in [9.17, 15) is 28.4 Å². The van der Waals surface area contributed by atoms with Crippen LogP contribution in [0.5, 0.6) is 0 Å². The van der Waals surface area contributed by atoms with E-state index in [1.807, 2.05) is 27.7 Å². The zero-order valence-corrected chi connectivity index (χ0v) is 24.0. The monoisotopic (exact) mass is 557 g/mol. The Morgan fingerprint density at radius 3 is 2.39 bits per heavy atom. The summed E-state index contributed by atoms with van der Waals surface area (Å²) < 4.78 is 13.8. The first-order valence-corrected chi connectivity index (χ1v) is 13.7. The Balaban J connectivity index is 1.86. The highest BCUT2D eigenvalue weighted by atomic mass is 35.5. The van der Waals surface area contributed by atoms with Crippen LogP contribution in [0.4, 0.5) is 4.39 Å². The molecular weight excluding hydrogens is 517 g/mol. The molecule has 3 fully saturated rings. The van der Waals surface area contributed by atoms with Crippen LogP contribution >= 0.6 is 11.6 Å². The fourth-order valence-electron chi connectivity index (χ4n) is 5.58. The number of likely N-dealkylation sites (tertiary alicyclic amines) is 1. The van der Waals surface area contributed by atoms with Crippen LogP contribution in [0.25, 0.3) is 0 Å². The number of nitrogens with zero attached hydrogens (tertiary/aromatic N) is 2. The molecule has 214 valence electrons. The maximum atomic E-state index is 13.9. The van der Waals surface area contributed by atoms with Crippen LogP contribution in [-0.2, 0) is 24.0 Å². The van der Waals surface area contributed by atoms with Gasteiger partial charge in [0, 0.05) is 18.5 Å². The molecule has 5 amide bonds. The summed E-state index contributed by atoms with van der Waals surface area (Å²) in [5, 5.41) is 6.29. The van der Waals surface area contributed by atoms with Gasteiger partial charge in [-0.3, -0.25) is 29.4 Å². The number of hydrogen-bond acceptors (Lipinski definition) is 5. The van der Waals surface area contributed by atoms with Gasteiger partial charge in [0.25, 0.3) is 17.4 Å². The van der Waals surface area contributed by atoms with Gasteiger partial charge in [0.2, 0.25) is 17.7 Å². The molecule has 1 aliphatic carbocycles. The van der Waals surface area contributed by atoms with Gasteiger partial charge in [-0.25, -0.2) is 9.40 Å². The average molecular weight is 558 g/mol. The lowest BCUT2D eigenvalue weighted by atomic mass is 9.91. The van der Waals surface area contributed by atoms with Gasteiger partial charge in [-0.2, -0.15) is 0 Å². The van der Waals surface area contributed by atoms with E-state index >= 15 is 0 Å². The first kappa shape index (κ1) is 30.1. The molecule has 0 radical (unpaired) electrons. The molecule has 10 nitrogen and oxygen atoms in total. The van der Waals surface area contributed by atoms with E-state index in [1.54, 1.807) is 20.8 Å². The third-order valence-electron chi connectivity index (χ3n) is 8.47. The molecule has 3 aliphatic rings. The van der Waals surface area contributed by atoms with Crippen molar-refractivity contribution in [1.82, 2.24) is 26.0 Å². The highest BCUT2D eigenvalue weighted by molar-refractivity contribution is 6.29. The van der Waals surface area contributed by atoms with Gasteiger partial charge in [-0.05, 0) is 29.6 Å². The SMILES string of the molecule is CC[C@H](C)[C@H](NC(=O)C(C)(C)C)C(=O)N1C[C@H]2[C@@H]([C@H]1C(=O)NN(C[C@@H]1CCNC1=O)C(=O)[C@H](F)Cl)C2(C)C. The number of piperidine rings is 1. The summed E-state index contributed by atoms with van der Waals surface area (Å²) in [5.41, 5.74) is -0.861. The number of alkyl halides is 2. The molecule has 3 rings (SSSR count). The van der Waals surface area contributed by atoms with E-state index in [4.69, 9.17) is 11.6 Å². The largest absolute Gasteiger partial charge is 0.356 e. The molecule has 0 spiro atoms. The minimum atomic E-state index is -2.41. The molecule has 0 bridgehead atoms. The normalized spacial score (nSPS) is 28.0. The second-order valence-corrected chi connectivity index (χ2v) is 12.9. The zero-order chi connectivity index (χ0) is 28.7. The minimum Gasteiger partial charge on any atom is -0.356 e. The van der Waals surface area contributed by atoms with Crippen molar-refractivity contribution in [1.29, 1.82) is 0 Å². The number of halogens is 2. The fourth-order valence-corrected chi connectivity index (χ4v) is 5.70. The van der Waals surface area contributed by atoms with Crippen LogP contribution in [0.15, 0.2) is 0 Å². The van der Waals surface area contributed by atoms with Crippen molar-refractivity contribution in [3.63, 3.8) is 0 Å². The van der Waals surface area contributed by atoms with Gasteiger partial charge in [-0.1, -0.05) is 66.5 Å². The number of nitrogens with one attached hydrogen (secondary N) is 3. The second-order valence-electron chi connectivity index (χ2n) is 12.5. The molecule has 2 heterocycles. The molecular formula is C26H41ClFN5O5. The lowest BCUT2D eigenvalue weighted by molar-refractivity contribution is -0.151. The van der Waals surface area contributed by atoms with Gasteiger partial charge in [0.1, 0.15) is 12.1 Å². The van der Waals surface area contributed by atoms with Crippen molar-refractivity contribution < 1.29 is 28.4 Å². The van der Waals surface area contributed by atoms with Crippen molar-refractivity contribution in [3.8, 4) is 0 Å². The molecule has 0 aromatic carbocycles. The van der Waals surface area contributed by atoms with Crippen molar-refractivity contribution in [2.75, 3.05) is 19.6 Å². The van der Waals surface area contributed by atoms with Crippen molar-refractivity contribution >= 4 is 41.1 Å². The van der Waals surface area contributed by atoms with Gasteiger partial charge in [0.05, 0.1) is 12.5 Å². The van der Waals surface area contributed by atoms with Crippen LogP contribution in [-0.4, -0.2) is 76.8 Å². The summed E-state index contributed by atoms with van der Waals surface area (Å²) >= 11 is 5.41. The van der Waals surface area contributed by atoms with Crippen molar-refractivity contribution in [3.05, 3.63) is 0 Å². The topological polar surface area (TPSA) is 128 Å². The van der Waals surface area contributed by atoms with E-state index in [-0.39, 0.29) is 47.4 Å². The maximum absolute atomic E-state index is 13.9. The quantitative estimate of drug-likeness (QED) is 0.308. The highest BCUT2D eigenvalue weighted by Crippen LogP contribution is 2.65. The number of amides is 5. The van der Waals surface area contributed by atoms with Gasteiger partial charge < -0.3 is 15.5 Å². The summed E-state index contributed by atoms with van der Waals surface area (Å²) in [6.07, 6.45) is 1.05. The van der Waals surface area contributed by atoms with E-state index < -0.39 is 40.9 Å². The van der Waals surface area contributed by atoms with E-state index in [0.717, 1.165) is 5.01 Å². The van der Waals surface area contributed by atoms with E-state index in [2.05, 4.69) is 16.1 Å². The summed E-state index contributed by atoms with van der Waals surface area (Å²) in [4.78, 5) is 66.4. The van der Waals surface area contributed by atoms with Gasteiger partial charge in [-0.15, -0.1) is 0 Å². The zero-order valence-electron chi connectivity index (χ0n) is 23.3. The van der Waals surface area contributed by atoms with Crippen LogP contribution in [0.3, 0.4) is 0 Å². The molecule has 0 aromatic heterocycles. The Morgan fingerprint density at radius 2 is 1.89 bits per heavy atom. The van der Waals surface area contributed by atoms with Gasteiger partial charge in [0.15, 0.2) is 0 Å². The van der Waals surface area contributed by atoms with Crippen LogP contribution in [0, 0.1) is 34.5 Å². The van der Waals surface area contributed by atoms with E-state index in [1.165, 1.54) is 4.90 Å². The third kappa shape index (κ3) is 5.92. The third-order valence-corrected chi connectivity index (χ3v) is 8.66. The summed E-state index contributed by atoms with van der Waals surface area (Å²) in [7, 11) is 0. The molecule has 1 saturated carbocycles. The van der Waals surface area contributed by atoms with Crippen LogP contribution < -0.4 is 16.1 Å². The average Bonchev–Trinajstić information content (AvgIpc) is 3.19. The minimum absolute atomic E-state index is 0.0600. The Kier molecular flexibility index (Phi) is 8.70. The number of carbonyl (C=O) groups is 5. The molecule has 2 saturated heterocycles. The van der Waals surface area contributed by atoms with Crippen molar-refractivity contribution in [2.24, 2.45) is 34.5 Å². The maximum Gasteiger partial charge on any atom is 0.291 e. The molecule has 3 N–H and O–H groups in total. The Hall–Kier alpha value is -2.43. The van der Waals surface area contributed by atoms with E-state index in [0.29, 0.717) is 25.9 Å². The number of carbonyl (C=O) groups excluding carboxylic acids is 5. The smallest absolute Gasteiger partial charge is 0.291 e. The van der Waals surface area contributed by atoms with Crippen molar-refractivity contribution in [2.45, 2.75) is 79.0 Å². The highest BCUT2D eigenvalue weighted by Gasteiger charge is 2.69. The molecule has 12 heteroatoms. The Morgan fingerprint density at radius 1 is 1.26 bits per heavy atom. The summed E-state index contributed by atoms with van der Waals surface area (Å²) in [6, 6.07) is -1.76. The summed E-state index contributed by atoms with van der Waals surface area (Å²) in [6.45, 7) is 13.6. The first-order chi connectivity index (χ1) is 17.5. The molecule has 38 heavy (non-hydrogen) atoms. The van der Waals surface area contributed by atoms with Crippen LogP contribution in [0.2, 0.25) is 0 Å².